The van der Waals surface area contributed by atoms with E-state index in [4.69, 9.17) is 4.98 Å². The quantitative estimate of drug-likeness (QED) is 0.891. The van der Waals surface area contributed by atoms with Crippen LogP contribution in [0.3, 0.4) is 0 Å². The number of hydrogen-bond acceptors (Lipinski definition) is 3. The van der Waals surface area contributed by atoms with Crippen molar-refractivity contribution in [2.24, 2.45) is 5.92 Å². The molecule has 0 amide bonds. The van der Waals surface area contributed by atoms with Crippen LogP contribution in [0.1, 0.15) is 22.7 Å². The fourth-order valence-corrected chi connectivity index (χ4v) is 3.69. The summed E-state index contributed by atoms with van der Waals surface area (Å²) in [5.41, 5.74) is 2.36. The maximum Gasteiger partial charge on any atom is 0.0938 e. The lowest BCUT2D eigenvalue weighted by molar-refractivity contribution is 0.376. The standard InChI is InChI=1S/C14H19N3S/c1-10-14(12-4-6-16-9-12)17-13(18-10)7-11-3-2-5-15-8-11/h4,6,9,11,15-16H,2-3,5,7-8H2,1H3. The number of aryl methyl sites for hydroxylation is 1. The van der Waals surface area contributed by atoms with E-state index in [1.165, 1.54) is 34.8 Å². The Morgan fingerprint density at radius 1 is 1.50 bits per heavy atom. The zero-order chi connectivity index (χ0) is 12.4. The van der Waals surface area contributed by atoms with E-state index in [2.05, 4.69) is 23.3 Å². The van der Waals surface area contributed by atoms with Gasteiger partial charge >= 0.3 is 0 Å². The number of hydrogen-bond donors (Lipinski definition) is 2. The summed E-state index contributed by atoms with van der Waals surface area (Å²) in [6.07, 6.45) is 7.75. The molecular formula is C14H19N3S. The zero-order valence-corrected chi connectivity index (χ0v) is 11.5. The van der Waals surface area contributed by atoms with Crippen LogP contribution in [0.15, 0.2) is 18.5 Å². The van der Waals surface area contributed by atoms with Crippen LogP contribution in [0, 0.1) is 12.8 Å². The molecule has 3 heterocycles. The van der Waals surface area contributed by atoms with Gasteiger partial charge in [-0.25, -0.2) is 4.98 Å². The molecule has 0 radical (unpaired) electrons. The molecule has 1 fully saturated rings. The fourth-order valence-electron chi connectivity index (χ4n) is 2.62. The molecule has 0 bridgehead atoms. The maximum atomic E-state index is 4.82. The Balaban J connectivity index is 1.75. The van der Waals surface area contributed by atoms with E-state index < -0.39 is 0 Å². The van der Waals surface area contributed by atoms with Gasteiger partial charge in [0.2, 0.25) is 0 Å². The number of rotatable bonds is 3. The summed E-state index contributed by atoms with van der Waals surface area (Å²) >= 11 is 1.85. The number of piperidine rings is 1. The third-order valence-corrected chi connectivity index (χ3v) is 4.57. The predicted octanol–water partition coefficient (Wildman–Crippen LogP) is 2.99. The van der Waals surface area contributed by atoms with Crippen LogP contribution in [-0.2, 0) is 6.42 Å². The second-order valence-corrected chi connectivity index (χ2v) is 6.32. The van der Waals surface area contributed by atoms with E-state index in [1.807, 2.05) is 23.7 Å². The fraction of sp³-hybridized carbons (Fsp3) is 0.500. The van der Waals surface area contributed by atoms with Gasteiger partial charge in [0.25, 0.3) is 0 Å². The summed E-state index contributed by atoms with van der Waals surface area (Å²) in [5.74, 6) is 0.767. The Kier molecular flexibility index (Phi) is 3.48. The number of H-pyrrole nitrogens is 1. The molecule has 2 aromatic heterocycles. The molecule has 0 aromatic carbocycles. The van der Waals surface area contributed by atoms with Crippen LogP contribution in [0.2, 0.25) is 0 Å². The largest absolute Gasteiger partial charge is 0.367 e. The minimum atomic E-state index is 0.767. The number of aromatic nitrogens is 2. The van der Waals surface area contributed by atoms with Crippen molar-refractivity contribution in [1.29, 1.82) is 0 Å². The van der Waals surface area contributed by atoms with E-state index in [1.54, 1.807) is 0 Å². The third-order valence-electron chi connectivity index (χ3n) is 3.57. The van der Waals surface area contributed by atoms with Crippen molar-refractivity contribution in [3.05, 3.63) is 28.3 Å². The smallest absolute Gasteiger partial charge is 0.0938 e. The Hall–Kier alpha value is -1.13. The zero-order valence-electron chi connectivity index (χ0n) is 10.7. The predicted molar refractivity (Wildman–Crippen MR) is 75.9 cm³/mol. The van der Waals surface area contributed by atoms with Crippen LogP contribution >= 0.6 is 11.3 Å². The summed E-state index contributed by atoms with van der Waals surface area (Å²) in [4.78, 5) is 9.25. The minimum Gasteiger partial charge on any atom is -0.367 e. The number of nitrogens with zero attached hydrogens (tertiary/aromatic N) is 1. The molecular weight excluding hydrogens is 242 g/mol. The number of aromatic amines is 1. The molecule has 1 aliphatic rings. The van der Waals surface area contributed by atoms with Gasteiger partial charge in [0, 0.05) is 29.3 Å². The second-order valence-electron chi connectivity index (χ2n) is 5.03. The van der Waals surface area contributed by atoms with Crippen molar-refractivity contribution in [2.45, 2.75) is 26.2 Å². The first-order valence-corrected chi connectivity index (χ1v) is 7.45. The lowest BCUT2D eigenvalue weighted by Gasteiger charge is -2.21. The molecule has 0 saturated carbocycles. The van der Waals surface area contributed by atoms with Crippen molar-refractivity contribution in [1.82, 2.24) is 15.3 Å². The van der Waals surface area contributed by atoms with E-state index in [9.17, 15) is 0 Å². The highest BCUT2D eigenvalue weighted by atomic mass is 32.1. The molecule has 1 unspecified atom stereocenters. The molecule has 2 N–H and O–H groups in total. The highest BCUT2D eigenvalue weighted by Crippen LogP contribution is 2.29. The molecule has 3 nitrogen and oxygen atoms in total. The number of thiazole rings is 1. The minimum absolute atomic E-state index is 0.767. The average molecular weight is 261 g/mol. The van der Waals surface area contributed by atoms with Gasteiger partial charge in [-0.2, -0.15) is 0 Å². The number of nitrogens with one attached hydrogen (secondary N) is 2. The van der Waals surface area contributed by atoms with Gasteiger partial charge in [0.15, 0.2) is 0 Å². The van der Waals surface area contributed by atoms with Gasteiger partial charge in [-0.3, -0.25) is 0 Å². The average Bonchev–Trinajstić information content (AvgIpc) is 3.00. The molecule has 4 heteroatoms. The Bertz CT molecular complexity index is 495. The molecule has 1 aliphatic heterocycles. The third kappa shape index (κ3) is 2.49. The van der Waals surface area contributed by atoms with E-state index in [0.717, 1.165) is 24.6 Å². The summed E-state index contributed by atoms with van der Waals surface area (Å²) in [6, 6.07) is 2.09. The Morgan fingerprint density at radius 2 is 2.44 bits per heavy atom. The highest BCUT2D eigenvalue weighted by molar-refractivity contribution is 7.12. The highest BCUT2D eigenvalue weighted by Gasteiger charge is 2.17. The van der Waals surface area contributed by atoms with Gasteiger partial charge in [-0.05, 0) is 44.8 Å². The van der Waals surface area contributed by atoms with Crippen molar-refractivity contribution in [3.8, 4) is 11.3 Å². The normalized spacial score (nSPS) is 20.2. The first kappa shape index (κ1) is 11.9. The monoisotopic (exact) mass is 261 g/mol. The van der Waals surface area contributed by atoms with Gasteiger partial charge in [0.05, 0.1) is 10.7 Å². The second kappa shape index (κ2) is 5.24. The lowest BCUT2D eigenvalue weighted by Crippen LogP contribution is -2.30. The van der Waals surface area contributed by atoms with Gasteiger partial charge < -0.3 is 10.3 Å². The van der Waals surface area contributed by atoms with Crippen molar-refractivity contribution < 1.29 is 0 Å². The molecule has 18 heavy (non-hydrogen) atoms. The van der Waals surface area contributed by atoms with Crippen molar-refractivity contribution in [3.63, 3.8) is 0 Å². The Labute approximate surface area is 112 Å². The molecule has 2 aromatic rings. The summed E-state index contributed by atoms with van der Waals surface area (Å²) in [7, 11) is 0. The van der Waals surface area contributed by atoms with Gasteiger partial charge in [0.1, 0.15) is 0 Å². The van der Waals surface area contributed by atoms with Crippen molar-refractivity contribution >= 4 is 11.3 Å². The van der Waals surface area contributed by atoms with Crippen LogP contribution in [-0.4, -0.2) is 23.1 Å². The van der Waals surface area contributed by atoms with E-state index in [0.29, 0.717) is 0 Å². The molecule has 1 saturated heterocycles. The van der Waals surface area contributed by atoms with E-state index in [-0.39, 0.29) is 0 Å². The first-order chi connectivity index (χ1) is 8.83. The molecule has 1 atom stereocenters. The van der Waals surface area contributed by atoms with Crippen LogP contribution < -0.4 is 5.32 Å². The molecule has 0 aliphatic carbocycles. The van der Waals surface area contributed by atoms with Crippen LogP contribution in [0.5, 0.6) is 0 Å². The summed E-state index contributed by atoms with van der Waals surface area (Å²) in [5, 5.41) is 4.77. The summed E-state index contributed by atoms with van der Waals surface area (Å²) in [6.45, 7) is 4.50. The molecule has 0 spiro atoms. The topological polar surface area (TPSA) is 40.7 Å². The Morgan fingerprint density at radius 3 is 3.17 bits per heavy atom. The van der Waals surface area contributed by atoms with Crippen molar-refractivity contribution in [2.75, 3.05) is 13.1 Å². The molecule has 96 valence electrons. The van der Waals surface area contributed by atoms with Gasteiger partial charge in [-0.15, -0.1) is 11.3 Å². The van der Waals surface area contributed by atoms with E-state index >= 15 is 0 Å². The van der Waals surface area contributed by atoms with Crippen LogP contribution in [0.4, 0.5) is 0 Å². The lowest BCUT2D eigenvalue weighted by atomic mass is 9.97. The SMILES string of the molecule is Cc1sc(CC2CCCNC2)nc1-c1cc[nH]c1. The maximum absolute atomic E-state index is 4.82. The summed E-state index contributed by atoms with van der Waals surface area (Å²) < 4.78 is 0. The van der Waals surface area contributed by atoms with Gasteiger partial charge in [-0.1, -0.05) is 0 Å². The van der Waals surface area contributed by atoms with Crippen LogP contribution in [0.25, 0.3) is 11.3 Å². The molecule has 3 rings (SSSR count). The first-order valence-electron chi connectivity index (χ1n) is 6.63.